The van der Waals surface area contributed by atoms with Gasteiger partial charge in [0.25, 0.3) is 0 Å². The van der Waals surface area contributed by atoms with Gasteiger partial charge in [0.1, 0.15) is 5.82 Å². The molecule has 0 spiro atoms. The standard InChI is InChI=1S/C46H35N5/c1-5-19-37(20-6-1)49(38-21-7-2-8-22-38)42-28-13-15-30-44(42)51(46-33-32-36(35-48-46)41-27-17-18-34-47-41)45-31-16-14-29-43(45)50(39-23-9-3-10-24-39)40-25-11-4-12-26-40/h1-35H. The van der Waals surface area contributed by atoms with E-state index < -0.39 is 0 Å². The molecule has 8 aromatic rings. The number of hydrogen-bond donors (Lipinski definition) is 0. The maximum atomic E-state index is 5.15. The first-order chi connectivity index (χ1) is 25.3. The smallest absolute Gasteiger partial charge is 0.137 e. The van der Waals surface area contributed by atoms with Crippen LogP contribution < -0.4 is 14.7 Å². The van der Waals surface area contributed by atoms with Crippen LogP contribution in [0.2, 0.25) is 0 Å². The van der Waals surface area contributed by atoms with Gasteiger partial charge < -0.3 is 9.80 Å². The predicted octanol–water partition coefficient (Wildman–Crippen LogP) is 12.6. The van der Waals surface area contributed by atoms with Crippen LogP contribution in [0.25, 0.3) is 11.3 Å². The Labute approximate surface area is 299 Å². The molecular weight excluding hydrogens is 623 g/mol. The number of rotatable bonds is 10. The van der Waals surface area contributed by atoms with Crippen molar-refractivity contribution in [2.75, 3.05) is 14.7 Å². The Morgan fingerprint density at radius 3 is 1.02 bits per heavy atom. The van der Waals surface area contributed by atoms with Crippen LogP contribution in [0.5, 0.6) is 0 Å². The van der Waals surface area contributed by atoms with Crippen molar-refractivity contribution in [3.63, 3.8) is 0 Å². The summed E-state index contributed by atoms with van der Waals surface area (Å²) in [4.78, 5) is 16.6. The molecule has 51 heavy (non-hydrogen) atoms. The predicted molar refractivity (Wildman–Crippen MR) is 212 cm³/mol. The van der Waals surface area contributed by atoms with E-state index in [1.165, 1.54) is 0 Å². The topological polar surface area (TPSA) is 35.5 Å². The van der Waals surface area contributed by atoms with E-state index in [0.29, 0.717) is 0 Å². The van der Waals surface area contributed by atoms with Crippen molar-refractivity contribution in [1.29, 1.82) is 0 Å². The highest BCUT2D eigenvalue weighted by Crippen LogP contribution is 2.49. The second-order valence-electron chi connectivity index (χ2n) is 11.9. The fourth-order valence-electron chi connectivity index (χ4n) is 6.43. The molecule has 8 rings (SSSR count). The van der Waals surface area contributed by atoms with E-state index in [9.17, 15) is 0 Å². The second-order valence-corrected chi connectivity index (χ2v) is 11.9. The average molecular weight is 658 g/mol. The molecular formula is C46H35N5. The number of aromatic nitrogens is 2. The lowest BCUT2D eigenvalue weighted by molar-refractivity contribution is 1.15. The first-order valence-electron chi connectivity index (χ1n) is 17.0. The minimum atomic E-state index is 0.775. The number of hydrogen-bond acceptors (Lipinski definition) is 5. The Morgan fingerprint density at radius 1 is 0.294 bits per heavy atom. The van der Waals surface area contributed by atoms with E-state index in [1.54, 1.807) is 0 Å². The van der Waals surface area contributed by atoms with Crippen LogP contribution >= 0.6 is 0 Å². The fourth-order valence-corrected chi connectivity index (χ4v) is 6.43. The molecule has 0 unspecified atom stereocenters. The molecule has 0 bridgehead atoms. The summed E-state index contributed by atoms with van der Waals surface area (Å²) in [6.07, 6.45) is 3.72. The summed E-state index contributed by atoms with van der Waals surface area (Å²) in [5, 5.41) is 0. The third kappa shape index (κ3) is 6.56. The highest BCUT2D eigenvalue weighted by molar-refractivity contribution is 5.96. The highest BCUT2D eigenvalue weighted by atomic mass is 15.3. The summed E-state index contributed by atoms with van der Waals surface area (Å²) in [6, 6.07) is 69.2. The van der Waals surface area contributed by atoms with Crippen LogP contribution in [-0.4, -0.2) is 9.97 Å². The van der Waals surface area contributed by atoms with Crippen LogP contribution in [0.3, 0.4) is 0 Å². The molecule has 2 heterocycles. The quantitative estimate of drug-likeness (QED) is 0.146. The fraction of sp³-hybridized carbons (Fsp3) is 0. The van der Waals surface area contributed by atoms with E-state index in [2.05, 4.69) is 202 Å². The summed E-state index contributed by atoms with van der Waals surface area (Å²) >= 11 is 0. The van der Waals surface area contributed by atoms with Crippen LogP contribution in [0.1, 0.15) is 0 Å². The molecule has 244 valence electrons. The van der Waals surface area contributed by atoms with E-state index >= 15 is 0 Å². The molecule has 0 atom stereocenters. The number of benzene rings is 6. The third-order valence-electron chi connectivity index (χ3n) is 8.72. The van der Waals surface area contributed by atoms with E-state index in [0.717, 1.165) is 62.6 Å². The average Bonchev–Trinajstić information content (AvgIpc) is 3.22. The number of anilines is 9. The zero-order valence-electron chi connectivity index (χ0n) is 27.9. The van der Waals surface area contributed by atoms with Gasteiger partial charge in [-0.1, -0.05) is 103 Å². The second kappa shape index (κ2) is 14.6. The maximum absolute atomic E-state index is 5.15. The van der Waals surface area contributed by atoms with Gasteiger partial charge in [-0.15, -0.1) is 0 Å². The van der Waals surface area contributed by atoms with Gasteiger partial charge in [-0.2, -0.15) is 0 Å². The Bertz CT molecular complexity index is 2090. The molecule has 0 aliphatic carbocycles. The number of nitrogens with zero attached hydrogens (tertiary/aromatic N) is 5. The minimum absolute atomic E-state index is 0.775. The van der Waals surface area contributed by atoms with Crippen LogP contribution in [0.4, 0.5) is 51.3 Å². The Kier molecular flexibility index (Phi) is 8.99. The van der Waals surface area contributed by atoms with Crippen molar-refractivity contribution in [2.45, 2.75) is 0 Å². The normalized spacial score (nSPS) is 10.7. The third-order valence-corrected chi connectivity index (χ3v) is 8.72. The zero-order chi connectivity index (χ0) is 34.2. The Hall–Kier alpha value is -6.98. The molecule has 0 saturated carbocycles. The molecule has 0 fully saturated rings. The van der Waals surface area contributed by atoms with E-state index in [-0.39, 0.29) is 0 Å². The Morgan fingerprint density at radius 2 is 0.667 bits per heavy atom. The molecule has 5 heteroatoms. The van der Waals surface area contributed by atoms with Gasteiger partial charge >= 0.3 is 0 Å². The Balaban J connectivity index is 1.38. The summed E-state index contributed by atoms with van der Waals surface area (Å²) in [5.74, 6) is 0.775. The van der Waals surface area contributed by atoms with Gasteiger partial charge in [-0.25, -0.2) is 4.98 Å². The highest BCUT2D eigenvalue weighted by Gasteiger charge is 2.26. The van der Waals surface area contributed by atoms with Crippen molar-refractivity contribution < 1.29 is 0 Å². The van der Waals surface area contributed by atoms with Crippen LogP contribution in [0, 0.1) is 0 Å². The first-order valence-corrected chi connectivity index (χ1v) is 17.0. The SMILES string of the molecule is c1ccc(N(c2ccccc2)c2ccccc2N(c2ccc(-c3ccccn3)cn2)c2ccccc2N(c2ccccc2)c2ccccc2)cc1. The van der Waals surface area contributed by atoms with Crippen molar-refractivity contribution >= 4 is 51.3 Å². The first kappa shape index (κ1) is 31.3. The number of para-hydroxylation sites is 8. The molecule has 0 aliphatic heterocycles. The van der Waals surface area contributed by atoms with Crippen molar-refractivity contribution in [2.24, 2.45) is 0 Å². The maximum Gasteiger partial charge on any atom is 0.137 e. The minimum Gasteiger partial charge on any atom is -0.308 e. The number of pyridine rings is 2. The molecule has 0 aliphatic rings. The molecule has 0 saturated heterocycles. The van der Waals surface area contributed by atoms with E-state index in [1.807, 2.05) is 30.6 Å². The largest absolute Gasteiger partial charge is 0.308 e. The lowest BCUT2D eigenvalue weighted by Crippen LogP contribution is -2.20. The molecule has 0 radical (unpaired) electrons. The van der Waals surface area contributed by atoms with Crippen molar-refractivity contribution in [3.8, 4) is 11.3 Å². The summed E-state index contributed by atoms with van der Waals surface area (Å²) in [6.45, 7) is 0. The molecule has 5 nitrogen and oxygen atoms in total. The zero-order valence-corrected chi connectivity index (χ0v) is 27.9. The van der Waals surface area contributed by atoms with Gasteiger partial charge in [0.05, 0.1) is 28.4 Å². The van der Waals surface area contributed by atoms with Gasteiger partial charge in [-0.05, 0) is 97.1 Å². The molecule has 2 aromatic heterocycles. The monoisotopic (exact) mass is 657 g/mol. The lowest BCUT2D eigenvalue weighted by Gasteiger charge is -2.35. The molecule has 6 aromatic carbocycles. The molecule has 0 amide bonds. The summed E-state index contributed by atoms with van der Waals surface area (Å²) in [5.41, 5.74) is 9.99. The molecule has 0 N–H and O–H groups in total. The van der Waals surface area contributed by atoms with Gasteiger partial charge in [0, 0.05) is 40.7 Å². The van der Waals surface area contributed by atoms with Crippen LogP contribution in [-0.2, 0) is 0 Å². The van der Waals surface area contributed by atoms with Crippen LogP contribution in [0.15, 0.2) is 213 Å². The summed E-state index contributed by atoms with van der Waals surface area (Å²) in [7, 11) is 0. The lowest BCUT2D eigenvalue weighted by atomic mass is 10.1. The van der Waals surface area contributed by atoms with Crippen molar-refractivity contribution in [3.05, 3.63) is 213 Å². The van der Waals surface area contributed by atoms with E-state index in [4.69, 9.17) is 4.98 Å². The summed E-state index contributed by atoms with van der Waals surface area (Å²) < 4.78 is 0. The van der Waals surface area contributed by atoms with Crippen molar-refractivity contribution in [1.82, 2.24) is 9.97 Å². The van der Waals surface area contributed by atoms with Gasteiger partial charge in [0.2, 0.25) is 0 Å². The van der Waals surface area contributed by atoms with Gasteiger partial charge in [-0.3, -0.25) is 9.88 Å². The van der Waals surface area contributed by atoms with Gasteiger partial charge in [0.15, 0.2) is 0 Å².